The van der Waals surface area contributed by atoms with E-state index >= 15 is 0 Å². The summed E-state index contributed by atoms with van der Waals surface area (Å²) >= 11 is 0. The Balaban J connectivity index is 4.46. The highest BCUT2D eigenvalue weighted by Gasteiger charge is 2.25. The van der Waals surface area contributed by atoms with Gasteiger partial charge in [-0.1, -0.05) is 13.8 Å². The minimum Gasteiger partial charge on any atom is -0.315 e. The van der Waals surface area contributed by atoms with E-state index < -0.39 is 20.6 Å². The zero-order chi connectivity index (χ0) is 9.07. The number of rotatable bonds is 4. The highest BCUT2D eigenvalue weighted by atomic mass is 32.2. The molecule has 0 saturated carbocycles. The largest absolute Gasteiger partial charge is 0.315 e. The monoisotopic (exact) mass is 180 g/mol. The highest BCUT2D eigenvalue weighted by molar-refractivity contribution is 7.92. The summed E-state index contributed by atoms with van der Waals surface area (Å²) in [6.45, 7) is 3.45. The Labute approximate surface area is 67.9 Å². The highest BCUT2D eigenvalue weighted by Crippen LogP contribution is 2.06. The third kappa shape index (κ3) is 2.43. The quantitative estimate of drug-likeness (QED) is 0.627. The summed E-state index contributed by atoms with van der Waals surface area (Å²) in [4.78, 5) is 0. The molecule has 2 atom stereocenters. The first kappa shape index (κ1) is 10.9. The first-order valence-electron chi connectivity index (χ1n) is 3.70. The Hall–Kier alpha value is -0.130. The van der Waals surface area contributed by atoms with Crippen LogP contribution < -0.4 is 11.5 Å². The predicted octanol–water partition coefficient (Wildman–Crippen LogP) is -0.209. The van der Waals surface area contributed by atoms with Crippen molar-refractivity contribution in [1.82, 2.24) is 0 Å². The predicted molar refractivity (Wildman–Crippen MR) is 45.5 cm³/mol. The number of nitrogens with two attached hydrogens (primary N) is 2. The molecule has 0 aliphatic carbocycles. The van der Waals surface area contributed by atoms with Gasteiger partial charge >= 0.3 is 0 Å². The smallest absolute Gasteiger partial charge is 0.181 e. The fraction of sp³-hybridized carbons (Fsp3) is 1.00. The van der Waals surface area contributed by atoms with E-state index in [1.165, 1.54) is 0 Å². The van der Waals surface area contributed by atoms with Crippen molar-refractivity contribution in [3.8, 4) is 0 Å². The van der Waals surface area contributed by atoms with Gasteiger partial charge in [-0.25, -0.2) is 8.42 Å². The molecule has 0 rings (SSSR count). The molecule has 0 amide bonds. The lowest BCUT2D eigenvalue weighted by molar-refractivity contribution is 0.559. The van der Waals surface area contributed by atoms with Gasteiger partial charge in [-0.3, -0.25) is 0 Å². The Bertz CT molecular complexity index is 185. The molecule has 0 aromatic carbocycles. The maximum Gasteiger partial charge on any atom is 0.181 e. The Morgan fingerprint density at radius 3 is 1.55 bits per heavy atom. The van der Waals surface area contributed by atoms with E-state index in [9.17, 15) is 8.42 Å². The van der Waals surface area contributed by atoms with Crippen LogP contribution in [0.3, 0.4) is 0 Å². The number of hydrogen-bond acceptors (Lipinski definition) is 4. The fourth-order valence-electron chi connectivity index (χ4n) is 0.689. The van der Waals surface area contributed by atoms with Gasteiger partial charge < -0.3 is 11.5 Å². The molecule has 4 nitrogen and oxygen atoms in total. The number of hydrogen-bond donors (Lipinski definition) is 2. The Morgan fingerprint density at radius 2 is 1.36 bits per heavy atom. The summed E-state index contributed by atoms with van der Waals surface area (Å²) in [7, 11) is -3.28. The fourth-order valence-corrected chi connectivity index (χ4v) is 2.07. The molecule has 2 unspecified atom stereocenters. The van der Waals surface area contributed by atoms with Crippen molar-refractivity contribution in [1.29, 1.82) is 0 Å². The van der Waals surface area contributed by atoms with Crippen LogP contribution in [-0.2, 0) is 9.84 Å². The lowest BCUT2D eigenvalue weighted by Crippen LogP contribution is -2.41. The van der Waals surface area contributed by atoms with Gasteiger partial charge in [0.05, 0.1) is 0 Å². The van der Waals surface area contributed by atoms with Crippen molar-refractivity contribution in [3.05, 3.63) is 0 Å². The van der Waals surface area contributed by atoms with Crippen molar-refractivity contribution < 1.29 is 8.42 Å². The van der Waals surface area contributed by atoms with Crippen LogP contribution in [0.1, 0.15) is 26.7 Å². The van der Waals surface area contributed by atoms with Gasteiger partial charge in [-0.2, -0.15) is 0 Å². The Morgan fingerprint density at radius 1 is 1.09 bits per heavy atom. The van der Waals surface area contributed by atoms with Crippen LogP contribution in [0.5, 0.6) is 0 Å². The second kappa shape index (κ2) is 4.04. The van der Waals surface area contributed by atoms with E-state index in [2.05, 4.69) is 0 Å². The van der Waals surface area contributed by atoms with Crippen molar-refractivity contribution in [3.63, 3.8) is 0 Å². The van der Waals surface area contributed by atoms with Gasteiger partial charge in [0.2, 0.25) is 0 Å². The van der Waals surface area contributed by atoms with Crippen molar-refractivity contribution in [2.45, 2.75) is 37.4 Å². The molecular formula is C6H16N2O2S. The van der Waals surface area contributed by atoms with Gasteiger partial charge in [0.1, 0.15) is 10.7 Å². The zero-order valence-corrected chi connectivity index (χ0v) is 7.76. The average Bonchev–Trinajstić information content (AvgIpc) is 2.01. The van der Waals surface area contributed by atoms with E-state index in [0.29, 0.717) is 12.8 Å². The molecular weight excluding hydrogens is 164 g/mol. The minimum absolute atomic E-state index is 0.413. The molecule has 11 heavy (non-hydrogen) atoms. The van der Waals surface area contributed by atoms with Gasteiger partial charge in [-0.05, 0) is 12.8 Å². The van der Waals surface area contributed by atoms with Crippen molar-refractivity contribution in [2.75, 3.05) is 0 Å². The van der Waals surface area contributed by atoms with Crippen LogP contribution in [-0.4, -0.2) is 19.2 Å². The molecule has 4 N–H and O–H groups in total. The van der Waals surface area contributed by atoms with Gasteiger partial charge in [-0.15, -0.1) is 0 Å². The van der Waals surface area contributed by atoms with Crippen LogP contribution in [0.4, 0.5) is 0 Å². The maximum atomic E-state index is 11.2. The molecule has 0 aliphatic rings. The minimum atomic E-state index is -3.28. The molecule has 0 radical (unpaired) electrons. The summed E-state index contributed by atoms with van der Waals surface area (Å²) in [5.74, 6) is 0. The zero-order valence-electron chi connectivity index (χ0n) is 6.95. The topological polar surface area (TPSA) is 86.2 Å². The molecule has 68 valence electrons. The SMILES string of the molecule is CCC(N)S(=O)(=O)C(N)CC. The van der Waals surface area contributed by atoms with E-state index in [1.807, 2.05) is 0 Å². The summed E-state index contributed by atoms with van der Waals surface area (Å²) in [5.41, 5.74) is 10.7. The standard InChI is InChI=1S/C6H16N2O2S/c1-3-5(7)11(9,10)6(8)4-2/h5-6H,3-4,7-8H2,1-2H3. The van der Waals surface area contributed by atoms with Crippen LogP contribution in [0.25, 0.3) is 0 Å². The molecule has 5 heteroatoms. The first-order valence-corrected chi connectivity index (χ1v) is 5.31. The summed E-state index contributed by atoms with van der Waals surface area (Å²) in [6.07, 6.45) is 0.825. The average molecular weight is 180 g/mol. The summed E-state index contributed by atoms with van der Waals surface area (Å²) < 4.78 is 22.5. The Kier molecular flexibility index (Phi) is 3.99. The van der Waals surface area contributed by atoms with Gasteiger partial charge in [0.15, 0.2) is 9.84 Å². The second-order valence-corrected chi connectivity index (χ2v) is 4.87. The lowest BCUT2D eigenvalue weighted by atomic mass is 10.5. The molecule has 0 heterocycles. The first-order chi connectivity index (χ1) is 4.96. The third-order valence-corrected chi connectivity index (χ3v) is 4.00. The summed E-state index contributed by atoms with van der Waals surface area (Å²) in [6, 6.07) is 0. The molecule has 0 aromatic heterocycles. The third-order valence-electron chi connectivity index (χ3n) is 1.65. The second-order valence-electron chi connectivity index (χ2n) is 2.48. The van der Waals surface area contributed by atoms with E-state index in [4.69, 9.17) is 11.5 Å². The van der Waals surface area contributed by atoms with E-state index in [1.54, 1.807) is 13.8 Å². The van der Waals surface area contributed by atoms with Gasteiger partial charge in [0.25, 0.3) is 0 Å². The normalized spacial score (nSPS) is 17.8. The van der Waals surface area contributed by atoms with Crippen molar-refractivity contribution >= 4 is 9.84 Å². The van der Waals surface area contributed by atoms with Crippen LogP contribution in [0, 0.1) is 0 Å². The van der Waals surface area contributed by atoms with Crippen LogP contribution in [0.2, 0.25) is 0 Å². The molecule has 0 spiro atoms. The molecule has 0 bridgehead atoms. The van der Waals surface area contributed by atoms with Gasteiger partial charge in [0, 0.05) is 0 Å². The van der Waals surface area contributed by atoms with E-state index in [-0.39, 0.29) is 0 Å². The molecule has 0 fully saturated rings. The molecule has 0 aliphatic heterocycles. The number of sulfone groups is 1. The van der Waals surface area contributed by atoms with Crippen molar-refractivity contribution in [2.24, 2.45) is 11.5 Å². The molecule has 0 saturated heterocycles. The van der Waals surface area contributed by atoms with Crippen LogP contribution in [0.15, 0.2) is 0 Å². The summed E-state index contributed by atoms with van der Waals surface area (Å²) in [5, 5.41) is -1.62. The van der Waals surface area contributed by atoms with Crippen LogP contribution >= 0.6 is 0 Å². The van der Waals surface area contributed by atoms with E-state index in [0.717, 1.165) is 0 Å². The molecule has 0 aromatic rings. The maximum absolute atomic E-state index is 11.2. The lowest BCUT2D eigenvalue weighted by Gasteiger charge is -2.15.